The number of anilines is 1. The minimum absolute atomic E-state index is 0.0948. The predicted octanol–water partition coefficient (Wildman–Crippen LogP) is 3.27. The lowest BCUT2D eigenvalue weighted by molar-refractivity contribution is -0.143. The molecule has 1 aromatic heterocycles. The zero-order valence-electron chi connectivity index (χ0n) is 17.6. The van der Waals surface area contributed by atoms with Crippen LogP contribution in [0.3, 0.4) is 0 Å². The molecule has 1 fully saturated rings. The Labute approximate surface area is 181 Å². The lowest BCUT2D eigenvalue weighted by Gasteiger charge is -2.30. The van der Waals surface area contributed by atoms with Crippen LogP contribution in [0.2, 0.25) is 0 Å². The molecule has 0 bridgehead atoms. The minimum Gasteiger partial charge on any atom is -0.481 e. The molecule has 0 aromatic carbocycles. The number of carbonyl (C=O) groups is 3. The molecule has 1 amide bonds. The summed E-state index contributed by atoms with van der Waals surface area (Å²) in [4.78, 5) is 38.3. The van der Waals surface area contributed by atoms with Crippen LogP contribution in [-0.2, 0) is 14.4 Å². The average molecular weight is 425 g/mol. The fourth-order valence-corrected chi connectivity index (χ4v) is 3.93. The minimum atomic E-state index is -0.810. The van der Waals surface area contributed by atoms with E-state index in [2.05, 4.69) is 18.3 Å². The highest BCUT2D eigenvalue weighted by Crippen LogP contribution is 2.32. The summed E-state index contributed by atoms with van der Waals surface area (Å²) in [6, 6.07) is 3.30. The molecule has 1 aliphatic heterocycles. The number of amides is 1. The second-order valence-corrected chi connectivity index (χ2v) is 7.71. The van der Waals surface area contributed by atoms with Gasteiger partial charge in [0, 0.05) is 26.1 Å². The number of Topliss-reactive ketones (excluding diaryl/α,β-unsaturated/α-hetero) is 1. The molecule has 2 aliphatic rings. The van der Waals surface area contributed by atoms with Gasteiger partial charge in [0.15, 0.2) is 11.7 Å². The Morgan fingerprint density at radius 1 is 1.23 bits per heavy atom. The summed E-state index contributed by atoms with van der Waals surface area (Å²) in [6.07, 6.45) is 7.08. The maximum absolute atomic E-state index is 13.1. The van der Waals surface area contributed by atoms with Crippen molar-refractivity contribution in [3.05, 3.63) is 48.8 Å². The summed E-state index contributed by atoms with van der Waals surface area (Å²) in [7, 11) is 0. The summed E-state index contributed by atoms with van der Waals surface area (Å²) < 4.78 is 5.86. The Hall–Kier alpha value is -3.42. The Balaban J connectivity index is 1.82. The molecule has 8 nitrogen and oxygen atoms in total. The van der Waals surface area contributed by atoms with Crippen LogP contribution in [0.15, 0.2) is 52.5 Å². The third kappa shape index (κ3) is 4.84. The molecule has 1 aliphatic carbocycles. The zero-order chi connectivity index (χ0) is 22.5. The standard InChI is InChI=1S/C23H27N3O5/c1-4-12-25(13-5-2)20-11-10-18(31-20)14-19-21(15(3)27)24-26(22(19)28)17-8-6-16(7-9-17)23(29)30/h4-5,10-11,14,16-17H,1-2,6-9,12-13H2,3H3,(H,29,30). The van der Waals surface area contributed by atoms with Gasteiger partial charge in [0.2, 0.25) is 0 Å². The van der Waals surface area contributed by atoms with E-state index in [4.69, 9.17) is 4.42 Å². The monoisotopic (exact) mass is 425 g/mol. The van der Waals surface area contributed by atoms with E-state index in [1.54, 1.807) is 24.3 Å². The van der Waals surface area contributed by atoms with Gasteiger partial charge in [-0.3, -0.25) is 14.4 Å². The summed E-state index contributed by atoms with van der Waals surface area (Å²) in [5, 5.41) is 14.8. The van der Waals surface area contributed by atoms with Crippen molar-refractivity contribution >= 4 is 35.3 Å². The molecular formula is C23H27N3O5. The lowest BCUT2D eigenvalue weighted by Crippen LogP contribution is -2.37. The predicted molar refractivity (Wildman–Crippen MR) is 118 cm³/mol. The van der Waals surface area contributed by atoms with Crippen molar-refractivity contribution in [3.63, 3.8) is 0 Å². The number of aliphatic carboxylic acids is 1. The van der Waals surface area contributed by atoms with Crippen LogP contribution < -0.4 is 4.90 Å². The molecule has 0 spiro atoms. The van der Waals surface area contributed by atoms with Crippen LogP contribution in [0.25, 0.3) is 6.08 Å². The van der Waals surface area contributed by atoms with Gasteiger partial charge < -0.3 is 14.4 Å². The van der Waals surface area contributed by atoms with Gasteiger partial charge in [0.05, 0.1) is 17.5 Å². The van der Waals surface area contributed by atoms with Gasteiger partial charge in [-0.1, -0.05) is 12.2 Å². The molecule has 31 heavy (non-hydrogen) atoms. The molecule has 3 rings (SSSR count). The van der Waals surface area contributed by atoms with Gasteiger partial charge in [0.1, 0.15) is 11.5 Å². The van der Waals surface area contributed by atoms with Gasteiger partial charge >= 0.3 is 5.97 Å². The number of carboxylic acid groups (broad SMARTS) is 1. The number of furan rings is 1. The Bertz CT molecular complexity index is 940. The molecule has 0 atom stereocenters. The lowest BCUT2D eigenvalue weighted by atomic mass is 9.86. The molecule has 0 unspecified atom stereocenters. The second kappa shape index (κ2) is 9.59. The average Bonchev–Trinajstić information content (AvgIpc) is 3.33. The summed E-state index contributed by atoms with van der Waals surface area (Å²) in [5.41, 5.74) is 0.282. The Kier molecular flexibility index (Phi) is 6.89. The summed E-state index contributed by atoms with van der Waals surface area (Å²) in [6.45, 7) is 9.99. The van der Waals surface area contributed by atoms with Crippen LogP contribution in [0.5, 0.6) is 0 Å². The maximum Gasteiger partial charge on any atom is 0.306 e. The van der Waals surface area contributed by atoms with Gasteiger partial charge in [-0.2, -0.15) is 5.10 Å². The van der Waals surface area contributed by atoms with Crippen LogP contribution >= 0.6 is 0 Å². The largest absolute Gasteiger partial charge is 0.481 e. The number of hydrogen-bond acceptors (Lipinski definition) is 6. The number of hydrazone groups is 1. The van der Waals surface area contributed by atoms with Crippen LogP contribution in [0.4, 0.5) is 5.88 Å². The highest BCUT2D eigenvalue weighted by atomic mass is 16.4. The molecule has 1 N–H and O–H groups in total. The van der Waals surface area contributed by atoms with Crippen LogP contribution in [0, 0.1) is 5.92 Å². The highest BCUT2D eigenvalue weighted by molar-refractivity contribution is 6.53. The van der Waals surface area contributed by atoms with Gasteiger partial charge in [-0.25, -0.2) is 5.01 Å². The van der Waals surface area contributed by atoms with Crippen LogP contribution in [-0.4, -0.2) is 52.6 Å². The zero-order valence-corrected chi connectivity index (χ0v) is 17.6. The molecule has 0 radical (unpaired) electrons. The molecule has 0 saturated heterocycles. The van der Waals surface area contributed by atoms with E-state index in [0.29, 0.717) is 50.4 Å². The van der Waals surface area contributed by atoms with E-state index >= 15 is 0 Å². The maximum atomic E-state index is 13.1. The number of carboxylic acids is 1. The van der Waals surface area contributed by atoms with Gasteiger partial charge in [-0.05, 0) is 37.8 Å². The molecule has 164 valence electrons. The number of ketones is 1. The Morgan fingerprint density at radius 2 is 1.87 bits per heavy atom. The third-order valence-corrected chi connectivity index (χ3v) is 5.54. The highest BCUT2D eigenvalue weighted by Gasteiger charge is 2.39. The van der Waals surface area contributed by atoms with Crippen molar-refractivity contribution in [3.8, 4) is 0 Å². The summed E-state index contributed by atoms with van der Waals surface area (Å²) in [5.74, 6) is -0.848. The van der Waals surface area contributed by atoms with Gasteiger partial charge in [-0.15, -0.1) is 13.2 Å². The van der Waals surface area contributed by atoms with Crippen molar-refractivity contribution in [1.82, 2.24) is 5.01 Å². The molecule has 1 saturated carbocycles. The SMILES string of the molecule is C=CCN(CC=C)c1ccc(C=C2C(=O)N(C3CCC(C(=O)O)CC3)N=C2C(C)=O)o1. The van der Waals surface area contributed by atoms with E-state index in [-0.39, 0.29) is 29.0 Å². The first-order valence-corrected chi connectivity index (χ1v) is 10.3. The first kappa shape index (κ1) is 22.3. The Morgan fingerprint density at radius 3 is 2.42 bits per heavy atom. The number of carbonyl (C=O) groups excluding carboxylic acids is 2. The van der Waals surface area contributed by atoms with Crippen molar-refractivity contribution in [1.29, 1.82) is 0 Å². The van der Waals surface area contributed by atoms with E-state index < -0.39 is 11.9 Å². The van der Waals surface area contributed by atoms with E-state index in [9.17, 15) is 19.5 Å². The van der Waals surface area contributed by atoms with Crippen molar-refractivity contribution < 1.29 is 23.9 Å². The normalized spacial score (nSPS) is 22.4. The van der Waals surface area contributed by atoms with E-state index in [1.807, 2.05) is 4.90 Å². The second-order valence-electron chi connectivity index (χ2n) is 7.71. The quantitative estimate of drug-likeness (QED) is 0.481. The first-order valence-electron chi connectivity index (χ1n) is 10.3. The summed E-state index contributed by atoms with van der Waals surface area (Å²) >= 11 is 0. The molecule has 2 heterocycles. The number of nitrogens with zero attached hydrogens (tertiary/aromatic N) is 3. The van der Waals surface area contributed by atoms with E-state index in [0.717, 1.165) is 0 Å². The van der Waals surface area contributed by atoms with Crippen molar-refractivity contribution in [2.75, 3.05) is 18.0 Å². The van der Waals surface area contributed by atoms with E-state index in [1.165, 1.54) is 18.0 Å². The smallest absolute Gasteiger partial charge is 0.306 e. The topological polar surface area (TPSA) is 103 Å². The number of rotatable bonds is 9. The van der Waals surface area contributed by atoms with Crippen LogP contribution in [0.1, 0.15) is 38.4 Å². The van der Waals surface area contributed by atoms with Crippen molar-refractivity contribution in [2.45, 2.75) is 38.6 Å². The first-order chi connectivity index (χ1) is 14.8. The van der Waals surface area contributed by atoms with Crippen molar-refractivity contribution in [2.24, 2.45) is 11.0 Å². The molecule has 1 aromatic rings. The molecular weight excluding hydrogens is 398 g/mol. The fraction of sp³-hybridized carbons (Fsp3) is 0.391. The van der Waals surface area contributed by atoms with Gasteiger partial charge in [0.25, 0.3) is 5.91 Å². The number of hydrogen-bond donors (Lipinski definition) is 1. The third-order valence-electron chi connectivity index (χ3n) is 5.54. The molecule has 8 heteroatoms. The fourth-order valence-electron chi connectivity index (χ4n) is 3.93.